The summed E-state index contributed by atoms with van der Waals surface area (Å²) in [5.74, 6) is 2.22. The first-order chi connectivity index (χ1) is 8.04. The molecular formula is C11H15N3O3. The van der Waals surface area contributed by atoms with Gasteiger partial charge >= 0.3 is 0 Å². The van der Waals surface area contributed by atoms with Crippen LogP contribution in [-0.2, 0) is 0 Å². The molecule has 2 rings (SSSR count). The largest absolute Gasteiger partial charge is 0.466 e. The van der Waals surface area contributed by atoms with Crippen LogP contribution in [0.15, 0.2) is 8.94 Å². The molecule has 0 radical (unpaired) electrons. The van der Waals surface area contributed by atoms with E-state index in [4.69, 9.17) is 19.8 Å². The standard InChI is InChI=1S/C11H15N3O3/c1-5-6(2)16-7(3)9(5)11-13-10(14-17-11)8(12)4-15/h8,15H,4,12H2,1-3H3. The maximum Gasteiger partial charge on any atom is 0.261 e. The van der Waals surface area contributed by atoms with Crippen molar-refractivity contribution < 1.29 is 14.0 Å². The van der Waals surface area contributed by atoms with Crippen LogP contribution in [0.1, 0.15) is 29.0 Å². The molecule has 1 unspecified atom stereocenters. The lowest BCUT2D eigenvalue weighted by atomic mass is 10.1. The molecule has 0 saturated carbocycles. The highest BCUT2D eigenvalue weighted by atomic mass is 16.5. The van der Waals surface area contributed by atoms with Gasteiger partial charge in [0.15, 0.2) is 5.82 Å². The topological polar surface area (TPSA) is 98.3 Å². The van der Waals surface area contributed by atoms with Crippen molar-refractivity contribution in [3.63, 3.8) is 0 Å². The molecule has 3 N–H and O–H groups in total. The molecule has 0 amide bonds. The van der Waals surface area contributed by atoms with Gasteiger partial charge < -0.3 is 19.8 Å². The van der Waals surface area contributed by atoms with E-state index in [1.165, 1.54) is 0 Å². The van der Waals surface area contributed by atoms with Crippen LogP contribution in [0.25, 0.3) is 11.5 Å². The summed E-state index contributed by atoms with van der Waals surface area (Å²) >= 11 is 0. The zero-order valence-corrected chi connectivity index (χ0v) is 10.0. The minimum atomic E-state index is -0.624. The van der Waals surface area contributed by atoms with Crippen molar-refractivity contribution in [1.29, 1.82) is 0 Å². The molecule has 0 aliphatic heterocycles. The minimum absolute atomic E-state index is 0.221. The van der Waals surface area contributed by atoms with Gasteiger partial charge in [-0.2, -0.15) is 4.98 Å². The van der Waals surface area contributed by atoms with E-state index >= 15 is 0 Å². The summed E-state index contributed by atoms with van der Waals surface area (Å²) in [6, 6.07) is -0.624. The fourth-order valence-electron chi connectivity index (χ4n) is 1.68. The smallest absolute Gasteiger partial charge is 0.261 e. The molecule has 0 aliphatic rings. The molecule has 0 aromatic carbocycles. The van der Waals surface area contributed by atoms with Crippen molar-refractivity contribution in [2.75, 3.05) is 6.61 Å². The molecule has 17 heavy (non-hydrogen) atoms. The van der Waals surface area contributed by atoms with Crippen LogP contribution in [-0.4, -0.2) is 21.9 Å². The monoisotopic (exact) mass is 237 g/mol. The quantitative estimate of drug-likeness (QED) is 0.833. The van der Waals surface area contributed by atoms with Gasteiger partial charge in [-0.3, -0.25) is 0 Å². The maximum absolute atomic E-state index is 8.92. The van der Waals surface area contributed by atoms with Crippen LogP contribution in [0.3, 0.4) is 0 Å². The van der Waals surface area contributed by atoms with Crippen LogP contribution in [0.4, 0.5) is 0 Å². The van der Waals surface area contributed by atoms with E-state index in [1.807, 2.05) is 20.8 Å². The van der Waals surface area contributed by atoms with Gasteiger partial charge in [0.1, 0.15) is 11.5 Å². The summed E-state index contributed by atoms with van der Waals surface area (Å²) in [6.45, 7) is 5.42. The van der Waals surface area contributed by atoms with Gasteiger partial charge in [0, 0.05) is 5.56 Å². The van der Waals surface area contributed by atoms with Gasteiger partial charge in [0.25, 0.3) is 5.89 Å². The third kappa shape index (κ3) is 1.96. The Morgan fingerprint density at radius 1 is 1.29 bits per heavy atom. The molecular weight excluding hydrogens is 222 g/mol. The van der Waals surface area contributed by atoms with Crippen LogP contribution in [0.5, 0.6) is 0 Å². The second kappa shape index (κ2) is 4.31. The van der Waals surface area contributed by atoms with Crippen molar-refractivity contribution in [2.24, 2.45) is 5.73 Å². The molecule has 6 nitrogen and oxygen atoms in total. The first-order valence-electron chi connectivity index (χ1n) is 5.31. The van der Waals surface area contributed by atoms with E-state index in [0.717, 1.165) is 22.6 Å². The van der Waals surface area contributed by atoms with Crippen LogP contribution in [0, 0.1) is 20.8 Å². The van der Waals surface area contributed by atoms with Crippen molar-refractivity contribution in [2.45, 2.75) is 26.8 Å². The lowest BCUT2D eigenvalue weighted by Crippen LogP contribution is -2.15. The third-order valence-corrected chi connectivity index (χ3v) is 2.75. The molecule has 2 aromatic heterocycles. The number of hydrogen-bond donors (Lipinski definition) is 2. The summed E-state index contributed by atoms with van der Waals surface area (Å²) in [7, 11) is 0. The average molecular weight is 237 g/mol. The molecule has 0 bridgehead atoms. The van der Waals surface area contributed by atoms with Crippen LogP contribution >= 0.6 is 0 Å². The van der Waals surface area contributed by atoms with E-state index in [0.29, 0.717) is 11.7 Å². The average Bonchev–Trinajstić information content (AvgIpc) is 2.85. The molecule has 0 spiro atoms. The van der Waals surface area contributed by atoms with Gasteiger partial charge in [0.2, 0.25) is 0 Å². The van der Waals surface area contributed by atoms with Crippen LogP contribution < -0.4 is 5.73 Å². The molecule has 92 valence electrons. The zero-order valence-electron chi connectivity index (χ0n) is 10.0. The second-order valence-electron chi connectivity index (χ2n) is 3.96. The highest BCUT2D eigenvalue weighted by molar-refractivity contribution is 5.61. The highest BCUT2D eigenvalue weighted by Crippen LogP contribution is 2.30. The molecule has 0 fully saturated rings. The van der Waals surface area contributed by atoms with E-state index in [-0.39, 0.29) is 6.61 Å². The van der Waals surface area contributed by atoms with Crippen molar-refractivity contribution >= 4 is 0 Å². The zero-order chi connectivity index (χ0) is 12.6. The summed E-state index contributed by atoms with van der Waals surface area (Å²) in [4.78, 5) is 4.16. The normalized spacial score (nSPS) is 13.0. The van der Waals surface area contributed by atoms with E-state index < -0.39 is 6.04 Å². The Labute approximate surface area is 98.4 Å². The summed E-state index contributed by atoms with van der Waals surface area (Å²) < 4.78 is 10.6. The Morgan fingerprint density at radius 3 is 2.53 bits per heavy atom. The van der Waals surface area contributed by atoms with Crippen molar-refractivity contribution in [1.82, 2.24) is 10.1 Å². The number of rotatable bonds is 3. The Morgan fingerprint density at radius 2 is 2.00 bits per heavy atom. The molecule has 2 aromatic rings. The van der Waals surface area contributed by atoms with Gasteiger partial charge in [-0.1, -0.05) is 5.16 Å². The Bertz CT molecular complexity index is 530. The Kier molecular flexibility index (Phi) is 2.99. The lowest BCUT2D eigenvalue weighted by Gasteiger charge is -1.98. The number of furan rings is 1. The van der Waals surface area contributed by atoms with E-state index in [1.54, 1.807) is 0 Å². The maximum atomic E-state index is 8.92. The number of aromatic nitrogens is 2. The third-order valence-electron chi connectivity index (χ3n) is 2.75. The predicted octanol–water partition coefficient (Wildman–Crippen LogP) is 1.25. The Hall–Kier alpha value is -1.66. The van der Waals surface area contributed by atoms with Gasteiger partial charge in [-0.25, -0.2) is 0 Å². The molecule has 1 atom stereocenters. The number of nitrogens with zero attached hydrogens (tertiary/aromatic N) is 2. The first kappa shape index (κ1) is 11.8. The number of aliphatic hydroxyl groups is 1. The number of aliphatic hydroxyl groups excluding tert-OH is 1. The van der Waals surface area contributed by atoms with Gasteiger partial charge in [-0.05, 0) is 20.8 Å². The SMILES string of the molecule is Cc1oc(C)c(-c2nc(C(N)CO)no2)c1C. The fourth-order valence-corrected chi connectivity index (χ4v) is 1.68. The fraction of sp³-hybridized carbons (Fsp3) is 0.455. The number of hydrogen-bond acceptors (Lipinski definition) is 6. The van der Waals surface area contributed by atoms with Crippen LogP contribution in [0.2, 0.25) is 0 Å². The summed E-state index contributed by atoms with van der Waals surface area (Å²) in [5, 5.41) is 12.7. The molecule has 2 heterocycles. The Balaban J connectivity index is 2.43. The lowest BCUT2D eigenvalue weighted by molar-refractivity contribution is 0.260. The number of nitrogens with two attached hydrogens (primary N) is 1. The second-order valence-corrected chi connectivity index (χ2v) is 3.96. The van der Waals surface area contributed by atoms with Gasteiger partial charge in [0.05, 0.1) is 18.2 Å². The number of aryl methyl sites for hydroxylation is 2. The summed E-state index contributed by atoms with van der Waals surface area (Å²) in [6.07, 6.45) is 0. The molecule has 6 heteroatoms. The predicted molar refractivity (Wildman–Crippen MR) is 60.2 cm³/mol. The van der Waals surface area contributed by atoms with E-state index in [2.05, 4.69) is 10.1 Å². The first-order valence-corrected chi connectivity index (χ1v) is 5.31. The highest BCUT2D eigenvalue weighted by Gasteiger charge is 2.20. The minimum Gasteiger partial charge on any atom is -0.466 e. The van der Waals surface area contributed by atoms with Gasteiger partial charge in [-0.15, -0.1) is 0 Å². The molecule has 0 aliphatic carbocycles. The van der Waals surface area contributed by atoms with Crippen molar-refractivity contribution in [3.8, 4) is 11.5 Å². The van der Waals surface area contributed by atoms with E-state index in [9.17, 15) is 0 Å². The molecule has 0 saturated heterocycles. The van der Waals surface area contributed by atoms with Crippen molar-refractivity contribution in [3.05, 3.63) is 22.9 Å². The summed E-state index contributed by atoms with van der Waals surface area (Å²) in [5.41, 5.74) is 7.37.